The average molecular weight is 482 g/mol. The van der Waals surface area contributed by atoms with E-state index in [0.29, 0.717) is 22.8 Å². The molecule has 0 fully saturated rings. The molecular weight excluding hydrogens is 464 g/mol. The molecule has 0 unspecified atom stereocenters. The van der Waals surface area contributed by atoms with Gasteiger partial charge in [0.2, 0.25) is 5.78 Å². The van der Waals surface area contributed by atoms with Gasteiger partial charge in [0.15, 0.2) is 0 Å². The number of Topliss-reactive ketones (excluding diaryl/α,β-unsaturated/α-hetero) is 1. The summed E-state index contributed by atoms with van der Waals surface area (Å²) in [6.07, 6.45) is -0.118. The van der Waals surface area contributed by atoms with Crippen LogP contribution in [0.4, 0.5) is 0 Å². The molecule has 5 rings (SSSR count). The van der Waals surface area contributed by atoms with E-state index in [2.05, 4.69) is 47.1 Å². The lowest BCUT2D eigenvalue weighted by Crippen LogP contribution is -2.45. The molecule has 0 N–H and O–H groups in total. The number of halogens is 2. The molecule has 0 aliphatic carbocycles. The number of carbonyl (C=O) groups excluding carboxylic acids is 1. The monoisotopic (exact) mass is 480 g/mol. The minimum absolute atomic E-state index is 0.0659. The molecule has 3 aromatic rings. The molecule has 0 saturated heterocycles. The molecule has 150 valence electrons. The van der Waals surface area contributed by atoms with E-state index in [1.807, 2.05) is 18.2 Å². The van der Waals surface area contributed by atoms with Crippen molar-refractivity contribution in [1.82, 2.24) is 5.01 Å². The summed E-state index contributed by atoms with van der Waals surface area (Å²) in [7, 11) is 0. The molecule has 2 aliphatic rings. The van der Waals surface area contributed by atoms with Crippen LogP contribution in [0, 0.1) is 6.92 Å². The van der Waals surface area contributed by atoms with Gasteiger partial charge in [0.1, 0.15) is 5.75 Å². The second kappa shape index (κ2) is 7.56. The van der Waals surface area contributed by atoms with Crippen molar-refractivity contribution in [2.45, 2.75) is 25.6 Å². The van der Waals surface area contributed by atoms with E-state index >= 15 is 0 Å². The summed E-state index contributed by atoms with van der Waals surface area (Å²) in [6, 6.07) is 21.0. The molecule has 0 saturated carbocycles. The highest BCUT2D eigenvalue weighted by Gasteiger charge is 2.43. The zero-order chi connectivity index (χ0) is 20.8. The van der Waals surface area contributed by atoms with Gasteiger partial charge in [-0.25, -0.2) is 5.01 Å². The van der Waals surface area contributed by atoms with Crippen molar-refractivity contribution in [3.8, 4) is 5.75 Å². The van der Waals surface area contributed by atoms with E-state index in [1.54, 1.807) is 29.3 Å². The molecule has 2 atom stereocenters. The van der Waals surface area contributed by atoms with Crippen molar-refractivity contribution >= 4 is 39.0 Å². The van der Waals surface area contributed by atoms with Gasteiger partial charge >= 0.3 is 0 Å². The number of ether oxygens (including phenoxy) is 1. The number of hydrazone groups is 1. The number of benzene rings is 3. The Labute approximate surface area is 188 Å². The summed E-state index contributed by atoms with van der Waals surface area (Å²) in [4.78, 5) is 13.3. The maximum Gasteiger partial charge on any atom is 0.251 e. The lowest BCUT2D eigenvalue weighted by atomic mass is 9.95. The molecule has 3 aromatic carbocycles. The van der Waals surface area contributed by atoms with E-state index in [9.17, 15) is 4.79 Å². The minimum atomic E-state index is -0.826. The minimum Gasteiger partial charge on any atom is -0.461 e. The van der Waals surface area contributed by atoms with Gasteiger partial charge in [0, 0.05) is 27.0 Å². The van der Waals surface area contributed by atoms with Crippen LogP contribution >= 0.6 is 27.5 Å². The Morgan fingerprint density at radius 2 is 1.83 bits per heavy atom. The van der Waals surface area contributed by atoms with Crippen molar-refractivity contribution in [2.75, 3.05) is 0 Å². The van der Waals surface area contributed by atoms with Gasteiger partial charge in [0.25, 0.3) is 6.23 Å². The first-order valence-corrected chi connectivity index (χ1v) is 10.9. The summed E-state index contributed by atoms with van der Waals surface area (Å²) in [5.41, 5.74) is 4.77. The van der Waals surface area contributed by atoms with Crippen molar-refractivity contribution in [2.24, 2.45) is 5.10 Å². The maximum atomic E-state index is 13.3. The van der Waals surface area contributed by atoms with E-state index in [4.69, 9.17) is 21.4 Å². The molecule has 0 amide bonds. The number of ketones is 1. The van der Waals surface area contributed by atoms with Crippen LogP contribution in [-0.2, 0) is 0 Å². The second-order valence-corrected chi connectivity index (χ2v) is 8.89. The number of rotatable bonds is 3. The van der Waals surface area contributed by atoms with Crippen LogP contribution in [0.25, 0.3) is 0 Å². The second-order valence-electron chi connectivity index (χ2n) is 7.54. The van der Waals surface area contributed by atoms with Crippen LogP contribution in [0.2, 0.25) is 5.02 Å². The zero-order valence-corrected chi connectivity index (χ0v) is 18.5. The fraction of sp³-hybridized carbons (Fsp3) is 0.167. The zero-order valence-electron chi connectivity index (χ0n) is 16.2. The highest BCUT2D eigenvalue weighted by atomic mass is 79.9. The topological polar surface area (TPSA) is 41.9 Å². The Morgan fingerprint density at radius 3 is 2.57 bits per heavy atom. The number of hydrogen-bond acceptors (Lipinski definition) is 4. The third kappa shape index (κ3) is 3.42. The SMILES string of the molecule is Cc1ccc(C2=NN3[C@H](C2)c2cc(Br)ccc2O[C@H]3C(=O)c2ccc(Cl)cc2)cc1. The summed E-state index contributed by atoms with van der Waals surface area (Å²) in [6.45, 7) is 2.06. The molecule has 0 aromatic heterocycles. The summed E-state index contributed by atoms with van der Waals surface area (Å²) in [5, 5.41) is 7.24. The molecule has 2 aliphatic heterocycles. The van der Waals surface area contributed by atoms with Gasteiger partial charge in [-0.3, -0.25) is 4.79 Å². The first-order valence-electron chi connectivity index (χ1n) is 9.68. The first kappa shape index (κ1) is 19.3. The molecule has 0 spiro atoms. The maximum absolute atomic E-state index is 13.3. The van der Waals surface area contributed by atoms with Crippen molar-refractivity contribution in [3.05, 3.63) is 98.5 Å². The standard InChI is InChI=1S/C24H18BrClN2O2/c1-14-2-4-15(5-3-14)20-13-21-19-12-17(25)8-11-22(19)30-24(28(21)27-20)23(29)16-6-9-18(26)10-7-16/h2-12,21,24H,13H2,1H3/t21-,24+/m1/s1. The predicted molar refractivity (Wildman–Crippen MR) is 121 cm³/mol. The van der Waals surface area contributed by atoms with Crippen LogP contribution in [-0.4, -0.2) is 22.7 Å². The number of aryl methyl sites for hydroxylation is 1. The Morgan fingerprint density at radius 1 is 1.10 bits per heavy atom. The van der Waals surface area contributed by atoms with Crippen molar-refractivity contribution < 1.29 is 9.53 Å². The van der Waals surface area contributed by atoms with Gasteiger partial charge in [-0.1, -0.05) is 57.4 Å². The molecule has 2 heterocycles. The van der Waals surface area contributed by atoms with Crippen LogP contribution in [0.3, 0.4) is 0 Å². The van der Waals surface area contributed by atoms with Gasteiger partial charge in [-0.05, 0) is 55.0 Å². The van der Waals surface area contributed by atoms with E-state index in [0.717, 1.165) is 21.3 Å². The third-order valence-corrected chi connectivity index (χ3v) is 6.23. The number of fused-ring (bicyclic) bond motifs is 3. The summed E-state index contributed by atoms with van der Waals surface area (Å²) >= 11 is 9.54. The highest BCUT2D eigenvalue weighted by Crippen LogP contribution is 2.44. The summed E-state index contributed by atoms with van der Waals surface area (Å²) in [5.74, 6) is 0.575. The first-order chi connectivity index (χ1) is 14.5. The quantitative estimate of drug-likeness (QED) is 0.421. The Kier molecular flexibility index (Phi) is 4.88. The van der Waals surface area contributed by atoms with E-state index in [-0.39, 0.29) is 11.8 Å². The Bertz CT molecular complexity index is 1160. The molecule has 0 bridgehead atoms. The number of hydrogen-bond donors (Lipinski definition) is 0. The molecular formula is C24H18BrClN2O2. The van der Waals surface area contributed by atoms with Gasteiger partial charge in [-0.15, -0.1) is 0 Å². The lowest BCUT2D eigenvalue weighted by molar-refractivity contribution is -0.00459. The highest BCUT2D eigenvalue weighted by molar-refractivity contribution is 9.10. The molecule has 30 heavy (non-hydrogen) atoms. The smallest absolute Gasteiger partial charge is 0.251 e. The number of nitrogens with zero attached hydrogens (tertiary/aromatic N) is 2. The molecule has 0 radical (unpaired) electrons. The average Bonchev–Trinajstić information content (AvgIpc) is 3.19. The predicted octanol–water partition coefficient (Wildman–Crippen LogP) is 6.16. The van der Waals surface area contributed by atoms with Crippen molar-refractivity contribution in [1.29, 1.82) is 0 Å². The fourth-order valence-corrected chi connectivity index (χ4v) is 4.41. The van der Waals surface area contributed by atoms with Crippen LogP contribution < -0.4 is 4.74 Å². The van der Waals surface area contributed by atoms with Gasteiger partial charge in [-0.2, -0.15) is 5.10 Å². The van der Waals surface area contributed by atoms with E-state index < -0.39 is 6.23 Å². The molecule has 4 nitrogen and oxygen atoms in total. The van der Waals surface area contributed by atoms with Crippen molar-refractivity contribution in [3.63, 3.8) is 0 Å². The Balaban J connectivity index is 1.57. The third-order valence-electron chi connectivity index (χ3n) is 5.49. The lowest BCUT2D eigenvalue weighted by Gasteiger charge is -2.37. The van der Waals surface area contributed by atoms with Gasteiger partial charge < -0.3 is 4.74 Å². The van der Waals surface area contributed by atoms with E-state index in [1.165, 1.54) is 5.56 Å². The van der Waals surface area contributed by atoms with Crippen LogP contribution in [0.5, 0.6) is 5.75 Å². The fourth-order valence-electron chi connectivity index (χ4n) is 3.91. The molecule has 6 heteroatoms. The summed E-state index contributed by atoms with van der Waals surface area (Å²) < 4.78 is 7.13. The van der Waals surface area contributed by atoms with Crippen LogP contribution in [0.15, 0.2) is 76.3 Å². The number of carbonyl (C=O) groups is 1. The van der Waals surface area contributed by atoms with Crippen LogP contribution in [0.1, 0.15) is 39.5 Å². The normalized spacial score (nSPS) is 19.6. The van der Waals surface area contributed by atoms with Gasteiger partial charge in [0.05, 0.1) is 11.8 Å². The largest absolute Gasteiger partial charge is 0.461 e. The Hall–Kier alpha value is -2.63.